The van der Waals surface area contributed by atoms with Crippen LogP contribution in [-0.2, 0) is 14.6 Å². The number of benzene rings is 3. The Morgan fingerprint density at radius 3 is 2.10 bits per heavy atom. The molecular weight excluding hydrogens is 398 g/mol. The second-order valence-electron chi connectivity index (χ2n) is 7.07. The molecule has 3 aromatic rings. The van der Waals surface area contributed by atoms with E-state index in [1.165, 1.54) is 0 Å². The molecule has 156 valence electrons. The Morgan fingerprint density at radius 2 is 1.50 bits per heavy atom. The first-order valence-corrected chi connectivity index (χ1v) is 11.3. The first-order chi connectivity index (χ1) is 14.4. The number of carbonyl (C=O) groups is 1. The SMILES string of the molecule is COc1ccc(C(NC(=O)CCS(=O)(=O)c2ccc(C)cc2)c2ccccc2)cc1. The highest BCUT2D eigenvalue weighted by molar-refractivity contribution is 7.91. The highest BCUT2D eigenvalue weighted by atomic mass is 32.2. The van der Waals surface area contributed by atoms with E-state index in [4.69, 9.17) is 4.74 Å². The number of carbonyl (C=O) groups excluding carboxylic acids is 1. The second-order valence-corrected chi connectivity index (χ2v) is 9.18. The number of sulfone groups is 1. The van der Waals surface area contributed by atoms with Gasteiger partial charge in [0.15, 0.2) is 9.84 Å². The molecule has 1 amide bonds. The summed E-state index contributed by atoms with van der Waals surface area (Å²) in [5, 5.41) is 2.98. The lowest BCUT2D eigenvalue weighted by molar-refractivity contribution is -0.121. The Hall–Kier alpha value is -3.12. The number of hydrogen-bond donors (Lipinski definition) is 1. The van der Waals surface area contributed by atoms with Crippen LogP contribution in [0.15, 0.2) is 83.8 Å². The molecule has 1 unspecified atom stereocenters. The van der Waals surface area contributed by atoms with Gasteiger partial charge in [0.1, 0.15) is 5.75 Å². The maximum atomic E-state index is 12.7. The Bertz CT molecular complexity index is 1080. The van der Waals surface area contributed by atoms with Crippen LogP contribution in [0.25, 0.3) is 0 Å². The lowest BCUT2D eigenvalue weighted by Gasteiger charge is -2.20. The van der Waals surface area contributed by atoms with Crippen molar-refractivity contribution < 1.29 is 17.9 Å². The molecule has 5 nitrogen and oxygen atoms in total. The van der Waals surface area contributed by atoms with Gasteiger partial charge in [0.25, 0.3) is 0 Å². The molecule has 0 spiro atoms. The van der Waals surface area contributed by atoms with Crippen LogP contribution in [0.4, 0.5) is 0 Å². The molecule has 0 aromatic heterocycles. The Labute approximate surface area is 177 Å². The summed E-state index contributed by atoms with van der Waals surface area (Å²) in [7, 11) is -1.93. The molecule has 6 heteroatoms. The van der Waals surface area contributed by atoms with Gasteiger partial charge in [0.2, 0.25) is 5.91 Å². The predicted molar refractivity (Wildman–Crippen MR) is 117 cm³/mol. The minimum Gasteiger partial charge on any atom is -0.497 e. The quantitative estimate of drug-likeness (QED) is 0.593. The molecule has 30 heavy (non-hydrogen) atoms. The molecule has 0 bridgehead atoms. The van der Waals surface area contributed by atoms with E-state index in [0.717, 1.165) is 22.4 Å². The summed E-state index contributed by atoms with van der Waals surface area (Å²) in [6.45, 7) is 1.90. The van der Waals surface area contributed by atoms with Gasteiger partial charge >= 0.3 is 0 Å². The molecule has 0 saturated carbocycles. The van der Waals surface area contributed by atoms with Gasteiger partial charge in [-0.05, 0) is 42.3 Å². The van der Waals surface area contributed by atoms with Gasteiger partial charge in [0, 0.05) is 6.42 Å². The fourth-order valence-corrected chi connectivity index (χ4v) is 4.37. The number of aryl methyl sites for hydroxylation is 1. The minimum absolute atomic E-state index is 0.115. The van der Waals surface area contributed by atoms with Crippen molar-refractivity contribution in [3.8, 4) is 5.75 Å². The topological polar surface area (TPSA) is 72.5 Å². The monoisotopic (exact) mass is 423 g/mol. The van der Waals surface area contributed by atoms with Gasteiger partial charge < -0.3 is 10.1 Å². The summed E-state index contributed by atoms with van der Waals surface area (Å²) in [5.41, 5.74) is 2.78. The Morgan fingerprint density at radius 1 is 0.900 bits per heavy atom. The smallest absolute Gasteiger partial charge is 0.221 e. The van der Waals surface area contributed by atoms with Crippen LogP contribution in [0, 0.1) is 6.92 Å². The van der Waals surface area contributed by atoms with Crippen molar-refractivity contribution in [2.75, 3.05) is 12.9 Å². The van der Waals surface area contributed by atoms with Gasteiger partial charge in [-0.2, -0.15) is 0 Å². The average Bonchev–Trinajstić information content (AvgIpc) is 2.77. The van der Waals surface area contributed by atoms with E-state index in [0.29, 0.717) is 0 Å². The van der Waals surface area contributed by atoms with Crippen molar-refractivity contribution in [1.29, 1.82) is 0 Å². The molecule has 0 fully saturated rings. The minimum atomic E-state index is -3.52. The van der Waals surface area contributed by atoms with E-state index in [9.17, 15) is 13.2 Å². The van der Waals surface area contributed by atoms with Gasteiger partial charge in [-0.15, -0.1) is 0 Å². The first-order valence-electron chi connectivity index (χ1n) is 9.67. The molecule has 0 aliphatic rings. The number of ether oxygens (including phenoxy) is 1. The summed E-state index contributed by atoms with van der Waals surface area (Å²) in [6.07, 6.45) is -0.115. The van der Waals surface area contributed by atoms with Crippen molar-refractivity contribution in [1.82, 2.24) is 5.32 Å². The third-order valence-corrected chi connectivity index (χ3v) is 6.60. The molecule has 3 aromatic carbocycles. The van der Waals surface area contributed by atoms with Crippen molar-refractivity contribution in [2.45, 2.75) is 24.3 Å². The van der Waals surface area contributed by atoms with Crippen LogP contribution in [0.3, 0.4) is 0 Å². The zero-order valence-electron chi connectivity index (χ0n) is 17.0. The van der Waals surface area contributed by atoms with Crippen LogP contribution in [0.5, 0.6) is 5.75 Å². The lowest BCUT2D eigenvalue weighted by Crippen LogP contribution is -2.30. The molecule has 0 heterocycles. The van der Waals surface area contributed by atoms with E-state index >= 15 is 0 Å². The van der Waals surface area contributed by atoms with E-state index in [-0.39, 0.29) is 29.0 Å². The molecule has 0 saturated heterocycles. The highest BCUT2D eigenvalue weighted by Gasteiger charge is 2.20. The van der Waals surface area contributed by atoms with E-state index < -0.39 is 9.84 Å². The lowest BCUT2D eigenvalue weighted by atomic mass is 9.98. The van der Waals surface area contributed by atoms with E-state index in [1.807, 2.05) is 61.5 Å². The maximum Gasteiger partial charge on any atom is 0.221 e. The summed E-state index contributed by atoms with van der Waals surface area (Å²) >= 11 is 0. The molecular formula is C24H25NO4S. The molecule has 0 aliphatic carbocycles. The van der Waals surface area contributed by atoms with Crippen molar-refractivity contribution in [2.24, 2.45) is 0 Å². The predicted octanol–water partition coefficient (Wildman–Crippen LogP) is 4.07. The standard InChI is InChI=1S/C24H25NO4S/c1-18-8-14-22(15-9-18)30(27,28)17-16-23(26)25-24(19-6-4-3-5-7-19)20-10-12-21(29-2)13-11-20/h3-15,24H,16-17H2,1-2H3,(H,25,26). The fourth-order valence-electron chi connectivity index (χ4n) is 3.12. The van der Waals surface area contributed by atoms with Gasteiger partial charge in [-0.3, -0.25) is 4.79 Å². The number of rotatable bonds is 8. The number of methoxy groups -OCH3 is 1. The van der Waals surface area contributed by atoms with Gasteiger partial charge in [0.05, 0.1) is 23.8 Å². The summed E-state index contributed by atoms with van der Waals surface area (Å²) in [4.78, 5) is 12.9. The average molecular weight is 424 g/mol. The number of hydrogen-bond acceptors (Lipinski definition) is 4. The van der Waals surface area contributed by atoms with Gasteiger partial charge in [-0.1, -0.05) is 60.2 Å². The van der Waals surface area contributed by atoms with Crippen LogP contribution >= 0.6 is 0 Å². The highest BCUT2D eigenvalue weighted by Crippen LogP contribution is 2.24. The Balaban J connectivity index is 1.74. The largest absolute Gasteiger partial charge is 0.497 e. The molecule has 0 aliphatic heterocycles. The second kappa shape index (κ2) is 9.59. The number of amides is 1. The van der Waals surface area contributed by atoms with Crippen molar-refractivity contribution in [3.05, 3.63) is 95.6 Å². The zero-order valence-corrected chi connectivity index (χ0v) is 17.9. The van der Waals surface area contributed by atoms with Crippen LogP contribution in [-0.4, -0.2) is 27.2 Å². The number of nitrogens with one attached hydrogen (secondary N) is 1. The molecule has 1 atom stereocenters. The molecule has 0 radical (unpaired) electrons. The third kappa shape index (κ3) is 5.48. The third-order valence-electron chi connectivity index (χ3n) is 4.87. The van der Waals surface area contributed by atoms with E-state index in [2.05, 4.69) is 5.32 Å². The zero-order chi connectivity index (χ0) is 21.6. The summed E-state index contributed by atoms with van der Waals surface area (Å²) in [6, 6.07) is 23.3. The van der Waals surface area contributed by atoms with Crippen molar-refractivity contribution in [3.63, 3.8) is 0 Å². The Kier molecular flexibility index (Phi) is 6.90. The summed E-state index contributed by atoms with van der Waals surface area (Å²) in [5.74, 6) is 0.155. The van der Waals surface area contributed by atoms with Crippen LogP contribution in [0.1, 0.15) is 29.2 Å². The van der Waals surface area contributed by atoms with Crippen LogP contribution in [0.2, 0.25) is 0 Å². The maximum absolute atomic E-state index is 12.7. The first kappa shape index (κ1) is 21.6. The van der Waals surface area contributed by atoms with E-state index in [1.54, 1.807) is 31.4 Å². The molecule has 1 N–H and O–H groups in total. The van der Waals surface area contributed by atoms with Crippen molar-refractivity contribution >= 4 is 15.7 Å². The normalized spacial score (nSPS) is 12.2. The van der Waals surface area contributed by atoms with Gasteiger partial charge in [-0.25, -0.2) is 8.42 Å². The molecule has 3 rings (SSSR count). The summed E-state index contributed by atoms with van der Waals surface area (Å²) < 4.78 is 30.3. The fraction of sp³-hybridized carbons (Fsp3) is 0.208. The van der Waals surface area contributed by atoms with Crippen LogP contribution < -0.4 is 10.1 Å².